The van der Waals surface area contributed by atoms with Crippen LogP contribution >= 0.6 is 8.53 Å². The highest BCUT2D eigenvalue weighted by Crippen LogP contribution is 2.49. The molecule has 3 rings (SSSR count). The Balaban J connectivity index is 1.91. The van der Waals surface area contributed by atoms with Crippen molar-refractivity contribution in [1.29, 1.82) is 5.26 Å². The van der Waals surface area contributed by atoms with Crippen LogP contribution in [0.15, 0.2) is 12.7 Å². The summed E-state index contributed by atoms with van der Waals surface area (Å²) in [6, 6.07) is 2.58. The summed E-state index contributed by atoms with van der Waals surface area (Å²) in [4.78, 5) is 13.0. The molecule has 0 aromatic carbocycles. The minimum Gasteiger partial charge on any atom is -0.409 e. The topological polar surface area (TPSA) is 134 Å². The Morgan fingerprint density at radius 3 is 2.44 bits per heavy atom. The molecule has 3 heterocycles. The zero-order chi connectivity index (χ0) is 29.1. The Labute approximate surface area is 235 Å². The van der Waals surface area contributed by atoms with Crippen molar-refractivity contribution in [3.05, 3.63) is 12.7 Å². The van der Waals surface area contributed by atoms with E-state index in [1.807, 2.05) is 4.57 Å². The van der Waals surface area contributed by atoms with Gasteiger partial charge in [-0.2, -0.15) is 5.26 Å². The van der Waals surface area contributed by atoms with Crippen molar-refractivity contribution in [2.75, 3.05) is 18.9 Å². The maximum atomic E-state index is 9.03. The van der Waals surface area contributed by atoms with Crippen LogP contribution in [0.3, 0.4) is 0 Å². The summed E-state index contributed by atoms with van der Waals surface area (Å²) in [6.07, 6.45) is 2.49. The van der Waals surface area contributed by atoms with E-state index in [2.05, 4.69) is 94.2 Å². The number of hydrogen-bond donors (Lipinski definition) is 1. The first-order chi connectivity index (χ1) is 18.2. The van der Waals surface area contributed by atoms with Crippen molar-refractivity contribution in [3.8, 4) is 6.07 Å². The second-order valence-corrected chi connectivity index (χ2v) is 18.4. The maximum Gasteiger partial charge on any atom is 0.259 e. The summed E-state index contributed by atoms with van der Waals surface area (Å²) >= 11 is 0. The molecule has 13 heteroatoms. The van der Waals surface area contributed by atoms with E-state index in [1.54, 1.807) is 6.33 Å². The summed E-state index contributed by atoms with van der Waals surface area (Å²) < 4.78 is 30.4. The van der Waals surface area contributed by atoms with E-state index >= 15 is 0 Å². The normalized spacial score (nSPS) is 23.3. The van der Waals surface area contributed by atoms with Gasteiger partial charge in [0.2, 0.25) is 0 Å². The number of nitrogen functional groups attached to an aromatic ring is 1. The molecule has 11 nitrogen and oxygen atoms in total. The second kappa shape index (κ2) is 12.9. The molecule has 1 unspecified atom stereocenters. The predicted molar refractivity (Wildman–Crippen MR) is 156 cm³/mol. The zero-order valence-electron chi connectivity index (χ0n) is 25.1. The lowest BCUT2D eigenvalue weighted by Crippen LogP contribution is -2.46. The van der Waals surface area contributed by atoms with Crippen LogP contribution in [0, 0.1) is 17.2 Å². The van der Waals surface area contributed by atoms with Crippen LogP contribution in [-0.4, -0.2) is 70.0 Å². The van der Waals surface area contributed by atoms with Crippen LogP contribution in [0.4, 0.5) is 5.82 Å². The molecule has 0 radical (unpaired) electrons. The average Bonchev–Trinajstić information content (AvgIpc) is 3.38. The van der Waals surface area contributed by atoms with Gasteiger partial charge < -0.3 is 23.9 Å². The molecule has 1 saturated heterocycles. The van der Waals surface area contributed by atoms with E-state index in [9.17, 15) is 0 Å². The van der Waals surface area contributed by atoms with Gasteiger partial charge in [-0.25, -0.2) is 19.6 Å². The van der Waals surface area contributed by atoms with Crippen molar-refractivity contribution >= 4 is 33.8 Å². The van der Waals surface area contributed by atoms with Crippen LogP contribution in [0.25, 0.3) is 11.2 Å². The Morgan fingerprint density at radius 1 is 1.18 bits per heavy atom. The highest BCUT2D eigenvalue weighted by atomic mass is 31.2. The minimum absolute atomic E-state index is 0.0169. The van der Waals surface area contributed by atoms with Gasteiger partial charge in [0.25, 0.3) is 8.53 Å². The third-order valence-corrected chi connectivity index (χ3v) is 14.2. The fourth-order valence-electron chi connectivity index (χ4n) is 4.46. The molecular formula is C26H46N7O4PSi. The Kier molecular flexibility index (Phi) is 10.5. The first kappa shape index (κ1) is 31.8. The molecule has 1 aliphatic rings. The summed E-state index contributed by atoms with van der Waals surface area (Å²) in [5.41, 5.74) is 7.23. The maximum absolute atomic E-state index is 9.03. The molecule has 0 spiro atoms. The standard InChI is InChI=1S/C26H46N7O4PSi/c1-17(2)33(18(3)4)38(34-13-11-12-27)35-14-20-19(5)22(37-39(9,10)26(6,7)8)25(36-20)32-16-31-21-23(28)29-15-30-24(21)32/h15-20,22,25H,11,13-14H2,1-10H3,(H2,28,29,30)/t19-,20-,22-,25-,38?/m1/s1. The molecule has 1 aliphatic heterocycles. The molecule has 1 fully saturated rings. The van der Waals surface area contributed by atoms with E-state index < -0.39 is 23.1 Å². The number of ether oxygens (including phenoxy) is 1. The minimum atomic E-state index is -2.16. The molecule has 39 heavy (non-hydrogen) atoms. The lowest BCUT2D eigenvalue weighted by Gasteiger charge is -2.40. The van der Waals surface area contributed by atoms with E-state index in [0.29, 0.717) is 36.6 Å². The van der Waals surface area contributed by atoms with Crippen molar-refractivity contribution in [2.45, 2.75) is 110 Å². The smallest absolute Gasteiger partial charge is 0.259 e. The van der Waals surface area contributed by atoms with Crippen LogP contribution in [-0.2, 0) is 18.2 Å². The van der Waals surface area contributed by atoms with E-state index in [1.165, 1.54) is 6.33 Å². The van der Waals surface area contributed by atoms with E-state index in [4.69, 9.17) is 29.2 Å². The van der Waals surface area contributed by atoms with Crippen LogP contribution in [0.1, 0.15) is 68.0 Å². The third kappa shape index (κ3) is 7.14. The van der Waals surface area contributed by atoms with Gasteiger partial charge in [0.15, 0.2) is 26.0 Å². The van der Waals surface area contributed by atoms with Gasteiger partial charge in [-0.15, -0.1) is 0 Å². The fraction of sp³-hybridized carbons (Fsp3) is 0.769. The summed E-state index contributed by atoms with van der Waals surface area (Å²) in [5, 5.41) is 9.05. The molecule has 0 saturated carbocycles. The third-order valence-electron chi connectivity index (χ3n) is 7.61. The molecule has 0 amide bonds. The number of nitriles is 1. The molecule has 0 aliphatic carbocycles. The number of nitrogens with zero attached hydrogens (tertiary/aromatic N) is 6. The molecule has 0 bridgehead atoms. The van der Waals surface area contributed by atoms with E-state index in [0.717, 1.165) is 0 Å². The molecule has 218 valence electrons. The van der Waals surface area contributed by atoms with Gasteiger partial charge in [0.1, 0.15) is 11.8 Å². The van der Waals surface area contributed by atoms with Crippen LogP contribution < -0.4 is 5.73 Å². The molecule has 5 atom stereocenters. The van der Waals surface area contributed by atoms with Gasteiger partial charge in [-0.3, -0.25) is 4.57 Å². The van der Waals surface area contributed by atoms with Gasteiger partial charge in [-0.1, -0.05) is 27.7 Å². The SMILES string of the molecule is CC(C)N(C(C)C)P(OCCC#N)OC[C@H]1O[C@@H](n2cnc3c(N)ncnc32)[C@H](O[Si](C)(C)C(C)(C)C)[C@@H]1C. The number of anilines is 1. The van der Waals surface area contributed by atoms with Crippen LogP contribution in [0.2, 0.25) is 18.1 Å². The number of aromatic nitrogens is 4. The first-order valence-electron chi connectivity index (χ1n) is 13.7. The summed E-state index contributed by atoms with van der Waals surface area (Å²) in [6.45, 7) is 22.5. The van der Waals surface area contributed by atoms with Crippen molar-refractivity contribution in [3.63, 3.8) is 0 Å². The Hall–Kier alpha value is -1.71. The predicted octanol–water partition coefficient (Wildman–Crippen LogP) is 5.62. The fourth-order valence-corrected chi connectivity index (χ4v) is 7.44. The largest absolute Gasteiger partial charge is 0.409 e. The highest BCUT2D eigenvalue weighted by Gasteiger charge is 2.50. The quantitative estimate of drug-likeness (QED) is 0.192. The van der Waals surface area contributed by atoms with Crippen molar-refractivity contribution in [2.24, 2.45) is 5.92 Å². The molecule has 2 aromatic heterocycles. The number of imidazole rings is 1. The number of nitrogens with two attached hydrogens (primary N) is 1. The average molecular weight is 580 g/mol. The summed E-state index contributed by atoms with van der Waals surface area (Å²) in [7, 11) is -3.55. The van der Waals surface area contributed by atoms with Gasteiger partial charge in [0.05, 0.1) is 44.2 Å². The Morgan fingerprint density at radius 2 is 1.85 bits per heavy atom. The molecular weight excluding hydrogens is 533 g/mol. The number of fused-ring (bicyclic) bond motifs is 1. The van der Waals surface area contributed by atoms with Gasteiger partial charge in [-0.05, 0) is 45.8 Å². The lowest BCUT2D eigenvalue weighted by molar-refractivity contribution is -0.0450. The molecule has 2 N–H and O–H groups in total. The monoisotopic (exact) mass is 579 g/mol. The van der Waals surface area contributed by atoms with Crippen molar-refractivity contribution in [1.82, 2.24) is 24.2 Å². The first-order valence-corrected chi connectivity index (χ1v) is 17.7. The second-order valence-electron chi connectivity index (χ2n) is 12.2. The van der Waals surface area contributed by atoms with Crippen LogP contribution in [0.5, 0.6) is 0 Å². The summed E-state index contributed by atoms with van der Waals surface area (Å²) in [5.74, 6) is 0.345. The van der Waals surface area contributed by atoms with Gasteiger partial charge >= 0.3 is 0 Å². The lowest BCUT2D eigenvalue weighted by atomic mass is 10.0. The number of hydrogen-bond acceptors (Lipinski definition) is 10. The van der Waals surface area contributed by atoms with Crippen molar-refractivity contribution < 1.29 is 18.2 Å². The molecule has 2 aromatic rings. The van der Waals surface area contributed by atoms with E-state index in [-0.39, 0.29) is 35.2 Å². The zero-order valence-corrected chi connectivity index (χ0v) is 27.0. The number of rotatable bonds is 12. The Bertz CT molecular complexity index is 1130. The highest BCUT2D eigenvalue weighted by molar-refractivity contribution is 7.44. The van der Waals surface area contributed by atoms with Gasteiger partial charge in [0, 0.05) is 18.0 Å².